The molecule has 0 heterocycles. The second-order valence-corrected chi connectivity index (χ2v) is 0. The van der Waals surface area contributed by atoms with Crippen molar-refractivity contribution < 1.29 is 70.1 Å². The number of rotatable bonds is 0. The summed E-state index contributed by atoms with van der Waals surface area (Å²) in [6.45, 7) is 0. The monoisotopic (exact) mass is 114 g/mol. The van der Waals surface area contributed by atoms with Gasteiger partial charge in [0.2, 0.25) is 0 Å². The van der Waals surface area contributed by atoms with Crippen LogP contribution in [0.4, 0.5) is 0 Å². The van der Waals surface area contributed by atoms with Crippen LogP contribution in [0.15, 0.2) is 0 Å². The van der Waals surface area contributed by atoms with E-state index in [-0.39, 0.29) is 83.6 Å². The van der Waals surface area contributed by atoms with Gasteiger partial charge in [0, 0.05) is 0 Å². The van der Waals surface area contributed by atoms with Gasteiger partial charge in [0.1, 0.15) is 0 Å². The Morgan fingerprint density at radius 2 is 0.600 bits per heavy atom. The summed E-state index contributed by atoms with van der Waals surface area (Å²) in [5.41, 5.74) is 0. The maximum absolute atomic E-state index is 0. The molecule has 4 N–H and O–H groups in total. The molecule has 0 spiro atoms. The van der Waals surface area contributed by atoms with E-state index in [1.807, 2.05) is 0 Å². The van der Waals surface area contributed by atoms with E-state index in [9.17, 15) is 0 Å². The van der Waals surface area contributed by atoms with E-state index in [4.69, 9.17) is 0 Å². The molecule has 0 bridgehead atoms. The molecule has 0 aromatic carbocycles. The molecular weight excluding hydrogens is 110 g/mol. The minimum Gasteiger partial charge on any atom is -2.00 e. The Morgan fingerprint density at radius 1 is 0.600 bits per heavy atom. The fraction of sp³-hybridized carbons (Fsp3) is 0. The van der Waals surface area contributed by atoms with E-state index in [1.165, 1.54) is 0 Å². The fourth-order valence-corrected chi connectivity index (χ4v) is 0. The Bertz CT molecular complexity index is 7.61. The molecule has 0 aliphatic carbocycles. The maximum Gasteiger partial charge on any atom is 1.00 e. The zero-order chi connectivity index (χ0) is 0. The van der Waals surface area contributed by atoms with Gasteiger partial charge in [0.05, 0.1) is 0 Å². The molecule has 0 saturated heterocycles. The largest absolute Gasteiger partial charge is 2.00 e. The van der Waals surface area contributed by atoms with Gasteiger partial charge in [-0.25, -0.2) is 0 Å². The third kappa shape index (κ3) is 22.2. The van der Waals surface area contributed by atoms with Crippen LogP contribution < -0.4 is 59.1 Å². The van der Waals surface area contributed by atoms with Gasteiger partial charge in [-0.05, 0) is 0 Å². The average Bonchev–Trinajstić information content (AvgIpc) is 0. The minimum absolute atomic E-state index is 0. The van der Waals surface area contributed by atoms with Gasteiger partial charge in [0.25, 0.3) is 0 Å². The van der Waals surface area contributed by atoms with Crippen LogP contribution in [-0.2, 0) is 13.5 Å². The van der Waals surface area contributed by atoms with Gasteiger partial charge < -0.3 is 24.4 Å². The summed E-state index contributed by atoms with van der Waals surface area (Å²) >= 11 is 0. The Morgan fingerprint density at radius 3 is 0.600 bits per heavy atom. The van der Waals surface area contributed by atoms with E-state index in [0.29, 0.717) is 0 Å². The molecule has 0 aliphatic heterocycles. The Labute approximate surface area is 82.3 Å². The molecule has 0 saturated carbocycles. The summed E-state index contributed by atoms with van der Waals surface area (Å²) in [6.07, 6.45) is 0. The topological polar surface area (TPSA) is 63.0 Å². The summed E-state index contributed by atoms with van der Waals surface area (Å²) in [5, 5.41) is 0. The van der Waals surface area contributed by atoms with Crippen LogP contribution in [0.2, 0.25) is 0 Å². The van der Waals surface area contributed by atoms with Crippen LogP contribution >= 0.6 is 0 Å². The van der Waals surface area contributed by atoms with Crippen molar-refractivity contribution in [2.45, 2.75) is 0 Å². The van der Waals surface area contributed by atoms with E-state index in [2.05, 4.69) is 0 Å². The molecule has 2 nitrogen and oxygen atoms in total. The molecule has 0 amide bonds. The minimum atomic E-state index is 0. The second-order valence-electron chi connectivity index (χ2n) is 0. The summed E-state index contributed by atoms with van der Waals surface area (Å²) < 4.78 is 0. The van der Waals surface area contributed by atoms with E-state index >= 15 is 0 Å². The Hall–Kier alpha value is 2.27. The fourth-order valence-electron chi connectivity index (χ4n) is 0. The molecule has 0 radical (unpaired) electrons. The van der Waals surface area contributed by atoms with Crippen molar-refractivity contribution in [3.05, 3.63) is 0 Å². The van der Waals surface area contributed by atoms with Crippen molar-refractivity contribution in [2.75, 3.05) is 0 Å². The predicted octanol–water partition coefficient (Wildman–Crippen LogP) is -7.64. The third-order valence-electron chi connectivity index (χ3n) is 0. The summed E-state index contributed by atoms with van der Waals surface area (Å²) in [6, 6.07) is 0. The summed E-state index contributed by atoms with van der Waals surface area (Å²) in [5.74, 6) is 0. The molecule has 0 unspecified atom stereocenters. The third-order valence-corrected chi connectivity index (χ3v) is 0. The molecule has 0 atom stereocenters. The zero-order valence-corrected chi connectivity index (χ0v) is 8.22. The number of hydrogen-bond acceptors (Lipinski definition) is 0. The first-order valence-electron chi connectivity index (χ1n) is 0. The second kappa shape index (κ2) is 33.8. The van der Waals surface area contributed by atoms with Crippen LogP contribution in [0.3, 0.4) is 0 Å². The molecule has 24 valence electrons. The van der Waals surface area contributed by atoms with Crippen LogP contribution in [0, 0.1) is 0 Å². The first kappa shape index (κ1) is 55.5. The van der Waals surface area contributed by atoms with Crippen molar-refractivity contribution in [3.8, 4) is 0 Å². The van der Waals surface area contributed by atoms with Crippen molar-refractivity contribution in [3.63, 3.8) is 0 Å². The van der Waals surface area contributed by atoms with Crippen molar-refractivity contribution >= 4 is 13.5 Å². The summed E-state index contributed by atoms with van der Waals surface area (Å²) in [7, 11) is 0. The van der Waals surface area contributed by atoms with E-state index in [0.717, 1.165) is 0 Å². The van der Waals surface area contributed by atoms with Crippen molar-refractivity contribution in [1.82, 2.24) is 0 Å². The van der Waals surface area contributed by atoms with Gasteiger partial charge in [-0.1, -0.05) is 0 Å². The van der Waals surface area contributed by atoms with Crippen molar-refractivity contribution in [2.24, 2.45) is 0 Å². The standard InChI is InChI=1S/2Na.2H2O.S/h;;2*1H2;/q2*+1;;;-2. The maximum atomic E-state index is 0. The molecule has 0 aliphatic rings. The van der Waals surface area contributed by atoms with Crippen LogP contribution in [0.25, 0.3) is 0 Å². The van der Waals surface area contributed by atoms with Crippen molar-refractivity contribution in [1.29, 1.82) is 0 Å². The molecule has 0 aromatic rings. The van der Waals surface area contributed by atoms with Crippen LogP contribution in [-0.4, -0.2) is 11.0 Å². The first-order valence-corrected chi connectivity index (χ1v) is 0. The predicted molar refractivity (Wildman–Crippen MR) is 14.6 cm³/mol. The average molecular weight is 114 g/mol. The molecule has 0 rings (SSSR count). The Balaban J connectivity index is 0. The normalized spacial score (nSPS) is 0. The number of hydrogen-bond donors (Lipinski definition) is 0. The smallest absolute Gasteiger partial charge is 1.00 e. The Kier molecular flexibility index (Phi) is 375. The van der Waals surface area contributed by atoms with Gasteiger partial charge in [-0.2, -0.15) is 0 Å². The SMILES string of the molecule is O.O.[Na+].[Na+].[S-2]. The molecule has 0 aromatic heterocycles. The van der Waals surface area contributed by atoms with Gasteiger partial charge in [-0.15, -0.1) is 0 Å². The molecule has 5 heteroatoms. The molecule has 5 heavy (non-hydrogen) atoms. The van der Waals surface area contributed by atoms with E-state index in [1.54, 1.807) is 0 Å². The summed E-state index contributed by atoms with van der Waals surface area (Å²) in [4.78, 5) is 0. The van der Waals surface area contributed by atoms with Crippen LogP contribution in [0.5, 0.6) is 0 Å². The first-order chi connectivity index (χ1) is 0. The van der Waals surface area contributed by atoms with Gasteiger partial charge in [-0.3, -0.25) is 0 Å². The molecule has 0 fully saturated rings. The quantitative estimate of drug-likeness (QED) is 0.281. The van der Waals surface area contributed by atoms with E-state index < -0.39 is 0 Å². The van der Waals surface area contributed by atoms with Gasteiger partial charge >= 0.3 is 59.1 Å². The van der Waals surface area contributed by atoms with Gasteiger partial charge in [0.15, 0.2) is 0 Å². The molecular formula is H4Na2O2S. The zero-order valence-electron chi connectivity index (χ0n) is 3.41. The van der Waals surface area contributed by atoms with Crippen LogP contribution in [0.1, 0.15) is 0 Å².